The predicted molar refractivity (Wildman–Crippen MR) is 146 cm³/mol. The van der Waals surface area contributed by atoms with Gasteiger partial charge in [-0.2, -0.15) is 0 Å². The molecule has 0 radical (unpaired) electrons. The summed E-state index contributed by atoms with van der Waals surface area (Å²) in [5.41, 5.74) is 3.68. The molecule has 37 heavy (non-hydrogen) atoms. The van der Waals surface area contributed by atoms with Gasteiger partial charge >= 0.3 is 6.09 Å². The van der Waals surface area contributed by atoms with Crippen molar-refractivity contribution in [3.8, 4) is 0 Å². The zero-order valence-electron chi connectivity index (χ0n) is 20.4. The molecule has 0 N–H and O–H groups in total. The number of benzene rings is 3. The third-order valence-electron chi connectivity index (χ3n) is 6.79. The van der Waals surface area contributed by atoms with E-state index in [0.717, 1.165) is 28.8 Å². The van der Waals surface area contributed by atoms with E-state index in [-0.39, 0.29) is 24.6 Å². The molecule has 2 aliphatic rings. The van der Waals surface area contributed by atoms with E-state index in [2.05, 4.69) is 4.99 Å². The maximum atomic E-state index is 13.3. The number of amides is 2. The maximum absolute atomic E-state index is 13.3. The van der Waals surface area contributed by atoms with Crippen LogP contribution in [-0.2, 0) is 16.0 Å². The summed E-state index contributed by atoms with van der Waals surface area (Å²) in [5.74, 6) is -0.0905. The third kappa shape index (κ3) is 5.22. The van der Waals surface area contributed by atoms with Crippen molar-refractivity contribution >= 4 is 47.1 Å². The van der Waals surface area contributed by atoms with Crippen LogP contribution in [-0.4, -0.2) is 53.3 Å². The highest BCUT2D eigenvalue weighted by atomic mass is 35.5. The molecule has 190 valence electrons. The van der Waals surface area contributed by atoms with E-state index in [9.17, 15) is 9.59 Å². The lowest BCUT2D eigenvalue weighted by Gasteiger charge is -2.51. The average molecular weight is 536 g/mol. The first-order chi connectivity index (χ1) is 18.0. The fourth-order valence-corrected chi connectivity index (χ4v) is 5.54. The number of carbonyl (C=O) groups excluding carboxylic acids is 2. The normalized spacial score (nSPS) is 21.4. The number of nitrogens with zero attached hydrogens (tertiary/aromatic N) is 3. The summed E-state index contributed by atoms with van der Waals surface area (Å²) < 4.78 is 5.43. The number of hydrogen-bond donors (Lipinski definition) is 0. The molecule has 2 aliphatic heterocycles. The lowest BCUT2D eigenvalue weighted by molar-refractivity contribution is -0.158. The first kappa shape index (κ1) is 25.3. The molecule has 3 aromatic carbocycles. The monoisotopic (exact) mass is 535 g/mol. The number of β-lactam (4-membered cyclic amide) rings is 1. The minimum absolute atomic E-state index is 0.0905. The van der Waals surface area contributed by atoms with Gasteiger partial charge in [-0.3, -0.25) is 14.7 Å². The number of cyclic esters (lactones) is 1. The first-order valence-corrected chi connectivity index (χ1v) is 13.1. The van der Waals surface area contributed by atoms with Crippen LogP contribution >= 0.6 is 23.2 Å². The van der Waals surface area contributed by atoms with Crippen LogP contribution < -0.4 is 0 Å². The summed E-state index contributed by atoms with van der Waals surface area (Å²) in [7, 11) is 0. The Morgan fingerprint density at radius 2 is 1.76 bits per heavy atom. The van der Waals surface area contributed by atoms with Gasteiger partial charge in [0, 0.05) is 22.8 Å². The van der Waals surface area contributed by atoms with Crippen LogP contribution in [0.1, 0.15) is 36.1 Å². The Morgan fingerprint density at radius 3 is 2.46 bits per heavy atom. The third-order valence-corrected chi connectivity index (χ3v) is 7.35. The van der Waals surface area contributed by atoms with Gasteiger partial charge < -0.3 is 9.64 Å². The molecular formula is C29H27Cl2N3O3. The zero-order chi connectivity index (χ0) is 25.9. The van der Waals surface area contributed by atoms with Crippen LogP contribution in [0.2, 0.25) is 10.0 Å². The van der Waals surface area contributed by atoms with Crippen molar-refractivity contribution in [3.05, 3.63) is 99.5 Å². The molecule has 2 saturated heterocycles. The summed E-state index contributed by atoms with van der Waals surface area (Å²) >= 11 is 12.6. The second kappa shape index (κ2) is 11.0. The van der Waals surface area contributed by atoms with Gasteiger partial charge in [-0.15, -0.1) is 0 Å². The smallest absolute Gasteiger partial charge is 0.410 e. The van der Waals surface area contributed by atoms with E-state index in [0.29, 0.717) is 23.0 Å². The molecule has 3 unspecified atom stereocenters. The number of aliphatic imine (C=N–C) groups is 1. The summed E-state index contributed by atoms with van der Waals surface area (Å²) in [4.78, 5) is 34.1. The van der Waals surface area contributed by atoms with Crippen molar-refractivity contribution in [3.63, 3.8) is 0 Å². The van der Waals surface area contributed by atoms with Crippen LogP contribution in [0.4, 0.5) is 10.5 Å². The maximum Gasteiger partial charge on any atom is 0.410 e. The molecule has 3 aromatic rings. The summed E-state index contributed by atoms with van der Waals surface area (Å²) in [6, 6.07) is 21.8. The molecule has 0 spiro atoms. The van der Waals surface area contributed by atoms with Crippen molar-refractivity contribution in [2.24, 2.45) is 4.99 Å². The van der Waals surface area contributed by atoms with E-state index in [4.69, 9.17) is 27.9 Å². The number of rotatable bonds is 8. The lowest BCUT2D eigenvalue weighted by atomic mass is 9.86. The van der Waals surface area contributed by atoms with Gasteiger partial charge in [0.2, 0.25) is 5.91 Å². The lowest BCUT2D eigenvalue weighted by Crippen LogP contribution is -2.67. The molecule has 2 fully saturated rings. The van der Waals surface area contributed by atoms with Crippen LogP contribution in [0.5, 0.6) is 0 Å². The van der Waals surface area contributed by atoms with Crippen LogP contribution in [0, 0.1) is 0 Å². The van der Waals surface area contributed by atoms with Crippen LogP contribution in [0.15, 0.2) is 77.8 Å². The van der Waals surface area contributed by atoms with Crippen LogP contribution in [0.3, 0.4) is 0 Å². The van der Waals surface area contributed by atoms with Gasteiger partial charge in [0.1, 0.15) is 12.6 Å². The molecular weight excluding hydrogens is 509 g/mol. The summed E-state index contributed by atoms with van der Waals surface area (Å²) in [6.45, 7) is 2.82. The van der Waals surface area contributed by atoms with E-state index in [1.165, 1.54) is 0 Å². The van der Waals surface area contributed by atoms with Gasteiger partial charge in [0.15, 0.2) is 0 Å². The fraction of sp³-hybridized carbons (Fsp3) is 0.276. The van der Waals surface area contributed by atoms with E-state index >= 15 is 0 Å². The number of hydrogen-bond acceptors (Lipinski definition) is 4. The highest BCUT2D eigenvalue weighted by Crippen LogP contribution is 2.43. The Balaban J connectivity index is 1.35. The number of likely N-dealkylation sites (tertiary alicyclic amines) is 1. The molecule has 0 bridgehead atoms. The summed E-state index contributed by atoms with van der Waals surface area (Å²) in [5, 5.41) is 1.000. The molecule has 8 heteroatoms. The molecule has 2 amide bonds. The second-order valence-corrected chi connectivity index (χ2v) is 10.1. The zero-order valence-corrected chi connectivity index (χ0v) is 21.9. The van der Waals surface area contributed by atoms with Crippen molar-refractivity contribution < 1.29 is 14.3 Å². The molecule has 0 aliphatic carbocycles. The summed E-state index contributed by atoms with van der Waals surface area (Å²) in [6.07, 6.45) is 2.71. The Kier molecular flexibility index (Phi) is 7.49. The number of carbonyl (C=O) groups is 2. The van der Waals surface area contributed by atoms with E-state index in [1.807, 2.05) is 73.8 Å². The van der Waals surface area contributed by atoms with Gasteiger partial charge in [-0.25, -0.2) is 4.79 Å². The van der Waals surface area contributed by atoms with E-state index in [1.54, 1.807) is 21.9 Å². The Bertz CT molecular complexity index is 1310. The highest BCUT2D eigenvalue weighted by molar-refractivity contribution is 6.35. The molecule has 0 aromatic heterocycles. The fourth-order valence-electron chi connectivity index (χ4n) is 5.02. The predicted octanol–water partition coefficient (Wildman–Crippen LogP) is 6.47. The second-order valence-electron chi connectivity index (χ2n) is 9.26. The number of ether oxygens (including phenoxy) is 1. The van der Waals surface area contributed by atoms with Gasteiger partial charge in [0.05, 0.1) is 17.8 Å². The SMILES string of the molecule is CCCN1C(=O)C(N2C(=O)OCC2Cc2ccc(N=Cc3ccccc3)cc2)C1c1ccc(Cl)cc1Cl. The molecule has 0 saturated carbocycles. The Labute approximate surface area is 226 Å². The molecule has 6 nitrogen and oxygen atoms in total. The molecule has 2 heterocycles. The standard InChI is InChI=1S/C29H27Cl2N3O3/c1-2-14-33-26(24-13-10-21(30)16-25(24)31)27(28(33)35)34-23(18-37-29(34)36)15-19-8-11-22(12-9-19)32-17-20-6-4-3-5-7-20/h3-13,16-17,23,26-27H,2,14-15,18H2,1H3. The molecule has 5 rings (SSSR count). The number of halogens is 2. The Morgan fingerprint density at radius 1 is 1.00 bits per heavy atom. The van der Waals surface area contributed by atoms with Gasteiger partial charge in [0.25, 0.3) is 0 Å². The highest BCUT2D eigenvalue weighted by Gasteiger charge is 2.56. The minimum Gasteiger partial charge on any atom is -0.447 e. The quantitative estimate of drug-likeness (QED) is 0.245. The van der Waals surface area contributed by atoms with Gasteiger partial charge in [-0.05, 0) is 53.8 Å². The first-order valence-electron chi connectivity index (χ1n) is 12.3. The Hall–Kier alpha value is -3.35. The van der Waals surface area contributed by atoms with Crippen molar-refractivity contribution in [2.45, 2.75) is 37.9 Å². The van der Waals surface area contributed by atoms with Crippen molar-refractivity contribution in [1.29, 1.82) is 0 Å². The topological polar surface area (TPSA) is 62.2 Å². The average Bonchev–Trinajstić information content (AvgIpc) is 3.25. The van der Waals surface area contributed by atoms with Crippen molar-refractivity contribution in [1.82, 2.24) is 9.80 Å². The van der Waals surface area contributed by atoms with E-state index < -0.39 is 12.1 Å². The largest absolute Gasteiger partial charge is 0.447 e. The minimum atomic E-state index is -0.667. The van der Waals surface area contributed by atoms with Crippen molar-refractivity contribution in [2.75, 3.05) is 13.2 Å². The molecule has 3 atom stereocenters. The van der Waals surface area contributed by atoms with Gasteiger partial charge in [-0.1, -0.05) is 78.7 Å². The van der Waals surface area contributed by atoms with Crippen LogP contribution in [0.25, 0.3) is 0 Å².